The fourth-order valence-corrected chi connectivity index (χ4v) is 2.13. The number of aliphatic carboxylic acids is 1. The lowest BCUT2D eigenvalue weighted by Crippen LogP contribution is -2.17. The Labute approximate surface area is 131 Å². The summed E-state index contributed by atoms with van der Waals surface area (Å²) in [5, 5.41) is 9.42. The number of unbranched alkanes of at least 4 members (excludes halogenated alkanes) is 2. The molecule has 0 saturated carbocycles. The van der Waals surface area contributed by atoms with E-state index in [0.717, 1.165) is 25.7 Å². The molecule has 0 fully saturated rings. The van der Waals surface area contributed by atoms with E-state index in [-0.39, 0.29) is 5.57 Å². The van der Waals surface area contributed by atoms with Crippen molar-refractivity contribution in [3.05, 3.63) is 41.5 Å². The zero-order valence-corrected chi connectivity index (χ0v) is 13.3. The fraction of sp³-hybridized carbons (Fsp3) is 0.444. The van der Waals surface area contributed by atoms with Crippen LogP contribution in [0, 0.1) is 0 Å². The predicted molar refractivity (Wildman–Crippen MR) is 85.8 cm³/mol. The molecule has 1 N–H and O–H groups in total. The summed E-state index contributed by atoms with van der Waals surface area (Å²) in [6, 6.07) is 8.74. The second-order valence-electron chi connectivity index (χ2n) is 5.17. The maximum atomic E-state index is 12.4. The minimum Gasteiger partial charge on any atom is -0.478 e. The van der Waals surface area contributed by atoms with Crippen molar-refractivity contribution in [2.24, 2.45) is 0 Å². The molecule has 4 heteroatoms. The molecule has 0 aliphatic rings. The molecule has 0 unspecified atom stereocenters. The van der Waals surface area contributed by atoms with E-state index in [1.54, 1.807) is 24.3 Å². The number of carbonyl (C=O) groups is 2. The molecule has 1 aromatic carbocycles. The highest BCUT2D eigenvalue weighted by atomic mass is 16.5. The van der Waals surface area contributed by atoms with Gasteiger partial charge in [0.15, 0.2) is 0 Å². The van der Waals surface area contributed by atoms with Crippen LogP contribution in [0.1, 0.15) is 52.4 Å². The first-order valence-electron chi connectivity index (χ1n) is 7.82. The van der Waals surface area contributed by atoms with Crippen molar-refractivity contribution in [3.8, 4) is 5.75 Å². The third-order valence-electron chi connectivity index (χ3n) is 3.38. The van der Waals surface area contributed by atoms with Crippen LogP contribution in [-0.2, 0) is 9.59 Å². The van der Waals surface area contributed by atoms with E-state index in [9.17, 15) is 14.7 Å². The highest BCUT2D eigenvalue weighted by molar-refractivity contribution is 6.00. The topological polar surface area (TPSA) is 63.6 Å². The fourth-order valence-electron chi connectivity index (χ4n) is 2.13. The molecule has 1 rings (SSSR count). The van der Waals surface area contributed by atoms with Crippen molar-refractivity contribution in [3.63, 3.8) is 0 Å². The van der Waals surface area contributed by atoms with Gasteiger partial charge in [-0.25, -0.2) is 9.59 Å². The molecule has 0 aliphatic heterocycles. The Bertz CT molecular complexity index is 517. The standard InChI is InChI=1S/C18H24O4/c1-3-5-12-15(17(19)20)16(13-6-4-2)18(21)22-14-10-8-7-9-11-14/h7-11H,3-6,12-13H2,1-2H3,(H,19,20)/b16-15+. The molecular weight excluding hydrogens is 280 g/mol. The summed E-state index contributed by atoms with van der Waals surface area (Å²) in [5.74, 6) is -1.14. The molecular formula is C18H24O4. The van der Waals surface area contributed by atoms with Gasteiger partial charge in [0.25, 0.3) is 0 Å². The van der Waals surface area contributed by atoms with Gasteiger partial charge < -0.3 is 9.84 Å². The summed E-state index contributed by atoms with van der Waals surface area (Å²) in [5.41, 5.74) is 0.489. The Morgan fingerprint density at radius 1 is 0.955 bits per heavy atom. The highest BCUT2D eigenvalue weighted by Gasteiger charge is 2.21. The van der Waals surface area contributed by atoms with Gasteiger partial charge in [0.2, 0.25) is 0 Å². The number of hydrogen-bond donors (Lipinski definition) is 1. The number of carboxylic acids is 1. The molecule has 0 aromatic heterocycles. The predicted octanol–water partition coefficient (Wildman–Crippen LogP) is 4.35. The first kappa shape index (κ1) is 18.0. The lowest BCUT2D eigenvalue weighted by Gasteiger charge is -2.12. The van der Waals surface area contributed by atoms with Gasteiger partial charge in [0.05, 0.1) is 0 Å². The number of ether oxygens (including phenoxy) is 1. The number of esters is 1. The summed E-state index contributed by atoms with van der Waals surface area (Å²) < 4.78 is 5.32. The quantitative estimate of drug-likeness (QED) is 0.418. The molecule has 0 saturated heterocycles. The maximum Gasteiger partial charge on any atom is 0.339 e. The Balaban J connectivity index is 3.02. The summed E-state index contributed by atoms with van der Waals surface area (Å²) in [7, 11) is 0. The first-order valence-corrected chi connectivity index (χ1v) is 7.82. The van der Waals surface area contributed by atoms with Crippen molar-refractivity contribution in [2.75, 3.05) is 0 Å². The van der Waals surface area contributed by atoms with Crippen LogP contribution in [0.15, 0.2) is 41.5 Å². The van der Waals surface area contributed by atoms with E-state index >= 15 is 0 Å². The van der Waals surface area contributed by atoms with Crippen LogP contribution in [0.25, 0.3) is 0 Å². The van der Waals surface area contributed by atoms with Gasteiger partial charge in [0, 0.05) is 11.1 Å². The average molecular weight is 304 g/mol. The summed E-state index contributed by atoms with van der Waals surface area (Å²) in [4.78, 5) is 23.9. The minimum absolute atomic E-state index is 0.191. The molecule has 0 aliphatic carbocycles. The SMILES string of the molecule is CCCC/C(C(=O)O)=C(/CCCC)C(=O)Oc1ccccc1. The number of hydrogen-bond acceptors (Lipinski definition) is 3. The highest BCUT2D eigenvalue weighted by Crippen LogP contribution is 2.21. The molecule has 4 nitrogen and oxygen atoms in total. The summed E-state index contributed by atoms with van der Waals surface area (Å²) in [6.45, 7) is 4.00. The molecule has 0 heterocycles. The number of carboxylic acid groups (broad SMARTS) is 1. The Morgan fingerprint density at radius 3 is 2.00 bits per heavy atom. The van der Waals surface area contributed by atoms with Gasteiger partial charge in [0.1, 0.15) is 5.75 Å². The molecule has 0 spiro atoms. The molecule has 0 bridgehead atoms. The Morgan fingerprint density at radius 2 is 1.50 bits per heavy atom. The van der Waals surface area contributed by atoms with E-state index < -0.39 is 11.9 Å². The monoisotopic (exact) mass is 304 g/mol. The van der Waals surface area contributed by atoms with E-state index in [1.165, 1.54) is 0 Å². The second kappa shape index (κ2) is 9.77. The van der Waals surface area contributed by atoms with Crippen molar-refractivity contribution >= 4 is 11.9 Å². The molecule has 0 atom stereocenters. The van der Waals surface area contributed by atoms with Crippen LogP contribution in [0.2, 0.25) is 0 Å². The lowest BCUT2D eigenvalue weighted by molar-refractivity contribution is -0.135. The molecule has 0 radical (unpaired) electrons. The van der Waals surface area contributed by atoms with E-state index in [4.69, 9.17) is 4.74 Å². The molecule has 0 amide bonds. The Kier molecular flexibility index (Phi) is 7.97. The van der Waals surface area contributed by atoms with Crippen molar-refractivity contribution in [1.82, 2.24) is 0 Å². The number of rotatable bonds is 9. The third kappa shape index (κ3) is 5.72. The van der Waals surface area contributed by atoms with Crippen LogP contribution >= 0.6 is 0 Å². The van der Waals surface area contributed by atoms with Crippen LogP contribution in [0.5, 0.6) is 5.75 Å². The smallest absolute Gasteiger partial charge is 0.339 e. The van der Waals surface area contributed by atoms with Gasteiger partial charge in [-0.1, -0.05) is 44.9 Å². The van der Waals surface area contributed by atoms with Crippen molar-refractivity contribution < 1.29 is 19.4 Å². The van der Waals surface area contributed by atoms with E-state index in [0.29, 0.717) is 24.2 Å². The zero-order chi connectivity index (χ0) is 16.4. The van der Waals surface area contributed by atoms with Gasteiger partial charge in [-0.3, -0.25) is 0 Å². The second-order valence-corrected chi connectivity index (χ2v) is 5.17. The van der Waals surface area contributed by atoms with Crippen LogP contribution < -0.4 is 4.74 Å². The third-order valence-corrected chi connectivity index (χ3v) is 3.38. The zero-order valence-electron chi connectivity index (χ0n) is 13.3. The van der Waals surface area contributed by atoms with Crippen LogP contribution in [-0.4, -0.2) is 17.0 Å². The number of carbonyl (C=O) groups excluding carboxylic acids is 1. The molecule has 22 heavy (non-hydrogen) atoms. The average Bonchev–Trinajstić information content (AvgIpc) is 2.51. The molecule has 1 aromatic rings. The number of para-hydroxylation sites is 1. The minimum atomic E-state index is -1.02. The van der Waals surface area contributed by atoms with Crippen molar-refractivity contribution in [1.29, 1.82) is 0 Å². The van der Waals surface area contributed by atoms with Gasteiger partial charge >= 0.3 is 11.9 Å². The summed E-state index contributed by atoms with van der Waals surface area (Å²) >= 11 is 0. The van der Waals surface area contributed by atoms with E-state index in [1.807, 2.05) is 19.9 Å². The number of benzene rings is 1. The maximum absolute atomic E-state index is 12.4. The Hall–Kier alpha value is -2.10. The summed E-state index contributed by atoms with van der Waals surface area (Å²) in [6.07, 6.45) is 4.12. The van der Waals surface area contributed by atoms with Gasteiger partial charge in [-0.05, 0) is 37.8 Å². The van der Waals surface area contributed by atoms with Gasteiger partial charge in [-0.15, -0.1) is 0 Å². The van der Waals surface area contributed by atoms with Crippen molar-refractivity contribution in [2.45, 2.75) is 52.4 Å². The molecule has 120 valence electrons. The van der Waals surface area contributed by atoms with Gasteiger partial charge in [-0.2, -0.15) is 0 Å². The first-order chi connectivity index (χ1) is 10.6. The lowest BCUT2D eigenvalue weighted by atomic mass is 9.98. The van der Waals surface area contributed by atoms with Crippen LogP contribution in [0.4, 0.5) is 0 Å². The normalized spacial score (nSPS) is 11.7. The van der Waals surface area contributed by atoms with Crippen LogP contribution in [0.3, 0.4) is 0 Å². The van der Waals surface area contributed by atoms with E-state index in [2.05, 4.69) is 0 Å². The largest absolute Gasteiger partial charge is 0.478 e.